The molecule has 0 fully saturated rings. The van der Waals surface area contributed by atoms with Gasteiger partial charge in [-0.05, 0) is 19.9 Å². The van der Waals surface area contributed by atoms with Gasteiger partial charge in [-0.1, -0.05) is 0 Å². The third-order valence-electron chi connectivity index (χ3n) is 2.90. The van der Waals surface area contributed by atoms with E-state index in [0.29, 0.717) is 12.2 Å². The monoisotopic (exact) mass is 309 g/mol. The summed E-state index contributed by atoms with van der Waals surface area (Å²) in [7, 11) is 3.40. The number of anilines is 1. The van der Waals surface area contributed by atoms with E-state index >= 15 is 0 Å². The molecule has 0 aliphatic heterocycles. The summed E-state index contributed by atoms with van der Waals surface area (Å²) in [6.07, 6.45) is -0.985. The molecule has 1 rings (SSSR count). The Bertz CT molecular complexity index is 586. The number of hydrogen-bond acceptors (Lipinski definition) is 6. The molecule has 1 aromatic carbocycles. The zero-order valence-corrected chi connectivity index (χ0v) is 13.0. The molecule has 1 aromatic rings. The molecule has 0 radical (unpaired) electrons. The van der Waals surface area contributed by atoms with Gasteiger partial charge in [-0.25, -0.2) is 4.79 Å². The number of carbonyl (C=O) groups is 2. The Morgan fingerprint density at radius 3 is 2.55 bits per heavy atom. The van der Waals surface area contributed by atoms with Crippen LogP contribution >= 0.6 is 0 Å². The van der Waals surface area contributed by atoms with Crippen LogP contribution in [-0.2, 0) is 9.53 Å². The van der Waals surface area contributed by atoms with E-state index in [1.807, 2.05) is 0 Å². The van der Waals surface area contributed by atoms with E-state index in [0.717, 1.165) is 6.07 Å². The van der Waals surface area contributed by atoms with Crippen molar-refractivity contribution in [3.8, 4) is 0 Å². The normalized spacial score (nSPS) is 11.5. The van der Waals surface area contributed by atoms with E-state index in [1.165, 1.54) is 19.1 Å². The third-order valence-corrected chi connectivity index (χ3v) is 2.90. The van der Waals surface area contributed by atoms with Crippen molar-refractivity contribution in [3.05, 3.63) is 33.9 Å². The first kappa shape index (κ1) is 17.4. The number of nitrogens with zero attached hydrogens (tertiary/aromatic N) is 2. The molecule has 0 saturated heterocycles. The highest BCUT2D eigenvalue weighted by atomic mass is 16.6. The molecule has 8 heteroatoms. The second-order valence-electron chi connectivity index (χ2n) is 4.80. The van der Waals surface area contributed by atoms with Gasteiger partial charge in [0, 0.05) is 32.8 Å². The molecule has 0 spiro atoms. The predicted octanol–water partition coefficient (Wildman–Crippen LogP) is 1.34. The Morgan fingerprint density at radius 2 is 2.05 bits per heavy atom. The maximum Gasteiger partial charge on any atom is 0.341 e. The van der Waals surface area contributed by atoms with Crippen molar-refractivity contribution in [2.24, 2.45) is 0 Å². The lowest BCUT2D eigenvalue weighted by Gasteiger charge is -2.18. The van der Waals surface area contributed by atoms with Crippen LogP contribution in [0.5, 0.6) is 0 Å². The maximum atomic E-state index is 12.2. The Kier molecular flexibility index (Phi) is 5.85. The molecular formula is C14H19N3O5. The van der Waals surface area contributed by atoms with Crippen LogP contribution in [0.4, 0.5) is 11.4 Å². The topological polar surface area (TPSA) is 102 Å². The molecule has 1 amide bonds. The molecule has 0 aliphatic carbocycles. The van der Waals surface area contributed by atoms with Crippen molar-refractivity contribution >= 4 is 23.3 Å². The van der Waals surface area contributed by atoms with Crippen LogP contribution < -0.4 is 10.2 Å². The predicted molar refractivity (Wildman–Crippen MR) is 81.0 cm³/mol. The van der Waals surface area contributed by atoms with Crippen molar-refractivity contribution in [1.82, 2.24) is 5.32 Å². The number of benzene rings is 1. The van der Waals surface area contributed by atoms with Gasteiger partial charge < -0.3 is 15.0 Å². The fourth-order valence-corrected chi connectivity index (χ4v) is 1.79. The number of ether oxygens (including phenoxy) is 1. The Labute approximate surface area is 128 Å². The fourth-order valence-electron chi connectivity index (χ4n) is 1.79. The number of nitro groups is 1. The van der Waals surface area contributed by atoms with Gasteiger partial charge in [-0.3, -0.25) is 14.9 Å². The number of amides is 1. The second kappa shape index (κ2) is 7.39. The number of nitro benzene ring substituents is 1. The molecule has 0 saturated carbocycles. The minimum absolute atomic E-state index is 0.0374. The lowest BCUT2D eigenvalue weighted by molar-refractivity contribution is -0.384. The van der Waals surface area contributed by atoms with E-state index in [1.54, 1.807) is 25.9 Å². The molecule has 120 valence electrons. The summed E-state index contributed by atoms with van der Waals surface area (Å²) in [6.45, 7) is 3.60. The molecule has 0 heterocycles. The Balaban J connectivity index is 3.07. The van der Waals surface area contributed by atoms with Crippen LogP contribution in [0.15, 0.2) is 18.2 Å². The molecule has 1 atom stereocenters. The first-order valence-electron chi connectivity index (χ1n) is 6.72. The van der Waals surface area contributed by atoms with Gasteiger partial charge in [0.1, 0.15) is 0 Å². The first-order valence-corrected chi connectivity index (χ1v) is 6.72. The number of rotatable bonds is 6. The van der Waals surface area contributed by atoms with Gasteiger partial charge >= 0.3 is 5.97 Å². The standard InChI is InChI=1S/C14H19N3O5/c1-5-15-13(18)9(2)22-14(19)11-8-10(17(20)21)6-7-12(11)16(3)4/h6-9H,5H2,1-4H3,(H,15,18)/t9-/m0/s1. The highest BCUT2D eigenvalue weighted by Crippen LogP contribution is 2.25. The summed E-state index contributed by atoms with van der Waals surface area (Å²) in [5, 5.41) is 13.4. The number of likely N-dealkylation sites (N-methyl/N-ethyl adjacent to an activating group) is 1. The summed E-state index contributed by atoms with van der Waals surface area (Å²) < 4.78 is 5.08. The third kappa shape index (κ3) is 4.18. The van der Waals surface area contributed by atoms with E-state index in [2.05, 4.69) is 5.32 Å². The van der Waals surface area contributed by atoms with Crippen LogP contribution in [0.2, 0.25) is 0 Å². The Hall–Kier alpha value is -2.64. The van der Waals surface area contributed by atoms with Gasteiger partial charge in [0.25, 0.3) is 11.6 Å². The summed E-state index contributed by atoms with van der Waals surface area (Å²) in [5.41, 5.74) is 0.289. The minimum Gasteiger partial charge on any atom is -0.449 e. The summed E-state index contributed by atoms with van der Waals surface area (Å²) >= 11 is 0. The van der Waals surface area contributed by atoms with Crippen LogP contribution in [-0.4, -0.2) is 43.5 Å². The highest BCUT2D eigenvalue weighted by molar-refractivity contribution is 5.98. The Morgan fingerprint density at radius 1 is 1.41 bits per heavy atom. The second-order valence-corrected chi connectivity index (χ2v) is 4.80. The molecule has 0 unspecified atom stereocenters. The largest absolute Gasteiger partial charge is 0.449 e. The van der Waals surface area contributed by atoms with Gasteiger partial charge in [0.15, 0.2) is 6.10 Å². The highest BCUT2D eigenvalue weighted by Gasteiger charge is 2.23. The average Bonchev–Trinajstić information content (AvgIpc) is 2.46. The zero-order valence-electron chi connectivity index (χ0n) is 13.0. The number of hydrogen-bond donors (Lipinski definition) is 1. The van der Waals surface area contributed by atoms with Gasteiger partial charge in [-0.15, -0.1) is 0 Å². The summed E-state index contributed by atoms with van der Waals surface area (Å²) in [4.78, 5) is 35.7. The number of carbonyl (C=O) groups excluding carboxylic acids is 2. The smallest absolute Gasteiger partial charge is 0.341 e. The average molecular weight is 309 g/mol. The molecular weight excluding hydrogens is 290 g/mol. The molecule has 0 aromatic heterocycles. The van der Waals surface area contributed by atoms with Crippen LogP contribution in [0.25, 0.3) is 0 Å². The maximum absolute atomic E-state index is 12.2. The first-order chi connectivity index (χ1) is 10.3. The van der Waals surface area contributed by atoms with E-state index < -0.39 is 22.9 Å². The van der Waals surface area contributed by atoms with E-state index in [9.17, 15) is 19.7 Å². The van der Waals surface area contributed by atoms with E-state index in [-0.39, 0.29) is 11.3 Å². The quantitative estimate of drug-likeness (QED) is 0.483. The summed E-state index contributed by atoms with van der Waals surface area (Å²) in [6, 6.07) is 3.91. The summed E-state index contributed by atoms with van der Waals surface area (Å²) in [5.74, 6) is -1.21. The van der Waals surface area contributed by atoms with Crippen molar-refractivity contribution in [3.63, 3.8) is 0 Å². The molecule has 1 N–H and O–H groups in total. The number of nitrogens with one attached hydrogen (secondary N) is 1. The van der Waals surface area contributed by atoms with Crippen LogP contribution in [0, 0.1) is 10.1 Å². The lowest BCUT2D eigenvalue weighted by Crippen LogP contribution is -2.35. The molecule has 0 aliphatic rings. The van der Waals surface area contributed by atoms with Crippen molar-refractivity contribution in [1.29, 1.82) is 0 Å². The van der Waals surface area contributed by atoms with Crippen molar-refractivity contribution in [2.45, 2.75) is 20.0 Å². The van der Waals surface area contributed by atoms with Crippen LogP contribution in [0.3, 0.4) is 0 Å². The van der Waals surface area contributed by atoms with Gasteiger partial charge in [-0.2, -0.15) is 0 Å². The molecule has 8 nitrogen and oxygen atoms in total. The fraction of sp³-hybridized carbons (Fsp3) is 0.429. The van der Waals surface area contributed by atoms with Crippen molar-refractivity contribution in [2.75, 3.05) is 25.5 Å². The zero-order chi connectivity index (χ0) is 16.9. The minimum atomic E-state index is -0.985. The molecule has 22 heavy (non-hydrogen) atoms. The number of esters is 1. The van der Waals surface area contributed by atoms with E-state index in [4.69, 9.17) is 4.74 Å². The number of non-ortho nitro benzene ring substituents is 1. The lowest BCUT2D eigenvalue weighted by atomic mass is 10.1. The van der Waals surface area contributed by atoms with Gasteiger partial charge in [0.2, 0.25) is 0 Å². The van der Waals surface area contributed by atoms with Gasteiger partial charge in [0.05, 0.1) is 16.2 Å². The van der Waals surface area contributed by atoms with Crippen molar-refractivity contribution < 1.29 is 19.2 Å². The van der Waals surface area contributed by atoms with Crippen LogP contribution in [0.1, 0.15) is 24.2 Å². The molecule has 0 bridgehead atoms. The SMILES string of the molecule is CCNC(=O)[C@H](C)OC(=O)c1cc([N+](=O)[O-])ccc1N(C)C.